The minimum atomic E-state index is -4.46. The van der Waals surface area contributed by atoms with E-state index >= 15 is 0 Å². The number of alkyl halides is 3. The lowest BCUT2D eigenvalue weighted by molar-refractivity contribution is -0.137. The molecule has 2 N–H and O–H groups in total. The molecule has 0 aliphatic carbocycles. The molecule has 0 fully saturated rings. The van der Waals surface area contributed by atoms with Crippen molar-refractivity contribution in [2.75, 3.05) is 12.3 Å². The van der Waals surface area contributed by atoms with Crippen molar-refractivity contribution in [2.45, 2.75) is 45.5 Å². The first kappa shape index (κ1) is 16.5. The quantitative estimate of drug-likeness (QED) is 0.744. The van der Waals surface area contributed by atoms with Gasteiger partial charge in [0, 0.05) is 18.8 Å². The number of hydrogen-bond acceptors (Lipinski definition) is 3. The minimum Gasteiger partial charge on any atom is -0.444 e. The third kappa shape index (κ3) is 3.64. The average molecular weight is 316 g/mol. The molecule has 1 aromatic rings. The van der Waals surface area contributed by atoms with Gasteiger partial charge in [-0.3, -0.25) is 0 Å². The standard InChI is InChI=1S/C15H19F3N2O2/c1-14(2,3)22-13(21)20-5-4-11-9(8-20)6-10(7-12(11)19)15(16,17)18/h6-7H,4-5,8,19H2,1-3H3. The van der Waals surface area contributed by atoms with Gasteiger partial charge in [-0.05, 0) is 50.5 Å². The Hall–Kier alpha value is -1.92. The lowest BCUT2D eigenvalue weighted by Crippen LogP contribution is -2.40. The van der Waals surface area contributed by atoms with E-state index in [2.05, 4.69) is 0 Å². The van der Waals surface area contributed by atoms with E-state index in [-0.39, 0.29) is 12.2 Å². The van der Waals surface area contributed by atoms with Crippen LogP contribution in [-0.4, -0.2) is 23.1 Å². The summed E-state index contributed by atoms with van der Waals surface area (Å²) in [5, 5.41) is 0. The van der Waals surface area contributed by atoms with Gasteiger partial charge in [0.05, 0.1) is 5.56 Å². The number of anilines is 1. The molecule has 7 heteroatoms. The SMILES string of the molecule is CC(C)(C)OC(=O)N1CCc2c(N)cc(C(F)(F)F)cc2C1. The van der Waals surface area contributed by atoms with Crippen molar-refractivity contribution in [1.29, 1.82) is 0 Å². The molecular weight excluding hydrogens is 297 g/mol. The molecule has 22 heavy (non-hydrogen) atoms. The normalized spacial score (nSPS) is 15.5. The van der Waals surface area contributed by atoms with E-state index in [0.29, 0.717) is 24.1 Å². The van der Waals surface area contributed by atoms with Crippen molar-refractivity contribution in [2.24, 2.45) is 0 Å². The van der Waals surface area contributed by atoms with E-state index in [1.807, 2.05) is 0 Å². The van der Waals surface area contributed by atoms with Crippen LogP contribution in [0, 0.1) is 0 Å². The zero-order valence-corrected chi connectivity index (χ0v) is 12.8. The molecule has 2 rings (SSSR count). The van der Waals surface area contributed by atoms with Crippen molar-refractivity contribution < 1.29 is 22.7 Å². The number of carbonyl (C=O) groups is 1. The highest BCUT2D eigenvalue weighted by Gasteiger charge is 2.34. The van der Waals surface area contributed by atoms with E-state index in [4.69, 9.17) is 10.5 Å². The van der Waals surface area contributed by atoms with Gasteiger partial charge >= 0.3 is 12.3 Å². The summed E-state index contributed by atoms with van der Waals surface area (Å²) in [6, 6.07) is 2.00. The predicted molar refractivity (Wildman–Crippen MR) is 76.2 cm³/mol. The smallest absolute Gasteiger partial charge is 0.416 e. The highest BCUT2D eigenvalue weighted by atomic mass is 19.4. The monoisotopic (exact) mass is 316 g/mol. The van der Waals surface area contributed by atoms with Gasteiger partial charge in [-0.25, -0.2) is 4.79 Å². The van der Waals surface area contributed by atoms with Crippen molar-refractivity contribution >= 4 is 11.8 Å². The summed E-state index contributed by atoms with van der Waals surface area (Å²) in [4.78, 5) is 13.4. The van der Waals surface area contributed by atoms with Gasteiger partial charge < -0.3 is 15.4 Å². The summed E-state index contributed by atoms with van der Waals surface area (Å²) in [7, 11) is 0. The largest absolute Gasteiger partial charge is 0.444 e. The Morgan fingerprint density at radius 1 is 1.27 bits per heavy atom. The zero-order valence-electron chi connectivity index (χ0n) is 12.8. The molecule has 1 aliphatic rings. The topological polar surface area (TPSA) is 55.6 Å². The van der Waals surface area contributed by atoms with Crippen LogP contribution >= 0.6 is 0 Å². The van der Waals surface area contributed by atoms with Gasteiger partial charge in [0.25, 0.3) is 0 Å². The lowest BCUT2D eigenvalue weighted by atomic mass is 9.95. The van der Waals surface area contributed by atoms with Crippen LogP contribution in [-0.2, 0) is 23.9 Å². The van der Waals surface area contributed by atoms with Crippen molar-refractivity contribution in [3.8, 4) is 0 Å². The molecule has 0 spiro atoms. The van der Waals surface area contributed by atoms with Crippen LogP contribution in [0.5, 0.6) is 0 Å². The molecule has 1 heterocycles. The number of carbonyl (C=O) groups excluding carboxylic acids is 1. The second-order valence-electron chi connectivity index (χ2n) is 6.35. The Balaban J connectivity index is 2.26. The van der Waals surface area contributed by atoms with Crippen molar-refractivity contribution in [3.63, 3.8) is 0 Å². The molecule has 0 unspecified atom stereocenters. The minimum absolute atomic E-state index is 0.0678. The number of ether oxygens (including phenoxy) is 1. The second-order valence-corrected chi connectivity index (χ2v) is 6.35. The number of nitrogens with two attached hydrogens (primary N) is 1. The molecule has 1 aromatic carbocycles. The average Bonchev–Trinajstić information content (AvgIpc) is 2.34. The third-order valence-electron chi connectivity index (χ3n) is 3.35. The highest BCUT2D eigenvalue weighted by Crippen LogP contribution is 2.35. The zero-order chi connectivity index (χ0) is 16.7. The van der Waals surface area contributed by atoms with E-state index in [1.165, 1.54) is 4.90 Å². The Bertz CT molecular complexity index is 592. The van der Waals surface area contributed by atoms with Gasteiger partial charge in [0.15, 0.2) is 0 Å². The van der Waals surface area contributed by atoms with E-state index in [9.17, 15) is 18.0 Å². The van der Waals surface area contributed by atoms with Crippen LogP contribution in [0.1, 0.15) is 37.5 Å². The Labute approximate surface area is 127 Å². The van der Waals surface area contributed by atoms with Gasteiger partial charge in [-0.1, -0.05) is 0 Å². The van der Waals surface area contributed by atoms with Gasteiger partial charge in [0.1, 0.15) is 5.60 Å². The van der Waals surface area contributed by atoms with Crippen LogP contribution in [0.2, 0.25) is 0 Å². The molecule has 0 saturated carbocycles. The molecule has 122 valence electrons. The number of benzene rings is 1. The fraction of sp³-hybridized carbons (Fsp3) is 0.533. The molecule has 0 radical (unpaired) electrons. The molecule has 0 aromatic heterocycles. The van der Waals surface area contributed by atoms with Crippen LogP contribution in [0.3, 0.4) is 0 Å². The summed E-state index contributed by atoms with van der Waals surface area (Å²) in [6.45, 7) is 5.66. The summed E-state index contributed by atoms with van der Waals surface area (Å²) in [5.41, 5.74) is 5.50. The number of halogens is 3. The molecule has 0 saturated heterocycles. The Morgan fingerprint density at radius 2 is 1.91 bits per heavy atom. The molecular formula is C15H19F3N2O2. The van der Waals surface area contributed by atoms with Gasteiger partial charge in [-0.15, -0.1) is 0 Å². The van der Waals surface area contributed by atoms with E-state index in [0.717, 1.165) is 12.1 Å². The lowest BCUT2D eigenvalue weighted by Gasteiger charge is -2.32. The molecule has 4 nitrogen and oxygen atoms in total. The number of nitrogens with zero attached hydrogens (tertiary/aromatic N) is 1. The Morgan fingerprint density at radius 3 is 2.45 bits per heavy atom. The number of amides is 1. The maximum Gasteiger partial charge on any atom is 0.416 e. The maximum atomic E-state index is 12.9. The maximum absolute atomic E-state index is 12.9. The summed E-state index contributed by atoms with van der Waals surface area (Å²) in [5.74, 6) is 0. The number of nitrogen functional groups attached to an aromatic ring is 1. The van der Waals surface area contributed by atoms with Crippen LogP contribution in [0.25, 0.3) is 0 Å². The second kappa shape index (κ2) is 5.37. The first-order valence-electron chi connectivity index (χ1n) is 6.94. The number of fused-ring (bicyclic) bond motifs is 1. The summed E-state index contributed by atoms with van der Waals surface area (Å²) in [6.07, 6.45) is -4.58. The van der Waals surface area contributed by atoms with Gasteiger partial charge in [0.2, 0.25) is 0 Å². The van der Waals surface area contributed by atoms with Crippen molar-refractivity contribution in [1.82, 2.24) is 4.90 Å². The van der Waals surface area contributed by atoms with Crippen molar-refractivity contribution in [3.05, 3.63) is 28.8 Å². The highest BCUT2D eigenvalue weighted by molar-refractivity contribution is 5.69. The molecule has 1 amide bonds. The first-order chi connectivity index (χ1) is 9.97. The fourth-order valence-corrected chi connectivity index (χ4v) is 2.38. The molecule has 1 aliphatic heterocycles. The summed E-state index contributed by atoms with van der Waals surface area (Å²) >= 11 is 0. The van der Waals surface area contributed by atoms with E-state index in [1.54, 1.807) is 20.8 Å². The predicted octanol–water partition coefficient (Wildman–Crippen LogP) is 3.58. The van der Waals surface area contributed by atoms with Crippen LogP contribution < -0.4 is 5.73 Å². The van der Waals surface area contributed by atoms with Gasteiger partial charge in [-0.2, -0.15) is 13.2 Å². The first-order valence-corrected chi connectivity index (χ1v) is 6.94. The fourth-order valence-electron chi connectivity index (χ4n) is 2.38. The molecule has 0 bridgehead atoms. The van der Waals surface area contributed by atoms with Crippen LogP contribution in [0.4, 0.5) is 23.7 Å². The Kier molecular flexibility index (Phi) is 4.02. The summed E-state index contributed by atoms with van der Waals surface area (Å²) < 4.78 is 43.8. The number of rotatable bonds is 0. The molecule has 0 atom stereocenters. The van der Waals surface area contributed by atoms with E-state index < -0.39 is 23.4 Å². The third-order valence-corrected chi connectivity index (χ3v) is 3.35. The number of hydrogen-bond donors (Lipinski definition) is 1. The van der Waals surface area contributed by atoms with Crippen LogP contribution in [0.15, 0.2) is 12.1 Å².